The zero-order valence-electron chi connectivity index (χ0n) is 12.3. The topological polar surface area (TPSA) is 26.7 Å². The minimum atomic E-state index is -0.101. The Bertz CT molecular complexity index is 251. The van der Waals surface area contributed by atoms with Crippen molar-refractivity contribution in [3.63, 3.8) is 0 Å². The molecule has 2 rings (SSSR count). The smallest absolute Gasteiger partial charge is 0.0695 e. The summed E-state index contributed by atoms with van der Waals surface area (Å²) in [6.07, 6.45) is 5.79. The average Bonchev–Trinajstić information content (AvgIpc) is 2.41. The molecule has 3 unspecified atom stereocenters. The summed E-state index contributed by atoms with van der Waals surface area (Å²) in [7, 11) is 2.23. The van der Waals surface area contributed by atoms with E-state index in [1.165, 1.54) is 45.3 Å². The number of hydrogen-bond acceptors (Lipinski definition) is 3. The molecular formula is C15H30N2O. The predicted molar refractivity (Wildman–Crippen MR) is 75.7 cm³/mol. The molecule has 1 saturated carbocycles. The van der Waals surface area contributed by atoms with Crippen LogP contribution in [0.3, 0.4) is 0 Å². The number of rotatable bonds is 3. The van der Waals surface area contributed by atoms with Gasteiger partial charge in [0.05, 0.1) is 6.10 Å². The van der Waals surface area contributed by atoms with Crippen LogP contribution in [0.4, 0.5) is 0 Å². The van der Waals surface area contributed by atoms with E-state index >= 15 is 0 Å². The Morgan fingerprint density at radius 2 is 1.83 bits per heavy atom. The highest BCUT2D eigenvalue weighted by molar-refractivity contribution is 4.89. The summed E-state index contributed by atoms with van der Waals surface area (Å²) >= 11 is 0. The molecule has 0 aromatic carbocycles. The second kappa shape index (κ2) is 6.36. The first kappa shape index (κ1) is 14.3. The normalized spacial score (nSPS) is 36.2. The molecule has 1 aliphatic heterocycles. The van der Waals surface area contributed by atoms with E-state index < -0.39 is 0 Å². The first-order valence-corrected chi connectivity index (χ1v) is 7.74. The molecule has 2 fully saturated rings. The fourth-order valence-corrected chi connectivity index (χ4v) is 3.69. The van der Waals surface area contributed by atoms with Gasteiger partial charge in [-0.2, -0.15) is 0 Å². The van der Waals surface area contributed by atoms with Crippen LogP contribution in [0.2, 0.25) is 0 Å². The second-order valence-corrected chi connectivity index (χ2v) is 6.38. The lowest BCUT2D eigenvalue weighted by Gasteiger charge is -2.44. The first-order chi connectivity index (χ1) is 8.61. The lowest BCUT2D eigenvalue weighted by molar-refractivity contribution is -0.0133. The number of likely N-dealkylation sites (N-methyl/N-ethyl adjacent to an activating group) is 1. The van der Waals surface area contributed by atoms with E-state index in [0.29, 0.717) is 12.1 Å². The van der Waals surface area contributed by atoms with Crippen molar-refractivity contribution in [1.82, 2.24) is 9.80 Å². The lowest BCUT2D eigenvalue weighted by atomic mass is 9.83. The molecule has 0 radical (unpaired) electrons. The van der Waals surface area contributed by atoms with Crippen molar-refractivity contribution in [2.24, 2.45) is 5.92 Å². The van der Waals surface area contributed by atoms with Gasteiger partial charge in [0, 0.05) is 12.1 Å². The maximum absolute atomic E-state index is 10.2. The SMILES string of the molecule is CCN1CCC(N(C)C2CC(C)CCC2O)CC1. The van der Waals surface area contributed by atoms with Gasteiger partial charge >= 0.3 is 0 Å². The van der Waals surface area contributed by atoms with Gasteiger partial charge in [0.2, 0.25) is 0 Å². The van der Waals surface area contributed by atoms with Crippen LogP contribution in [0.15, 0.2) is 0 Å². The van der Waals surface area contributed by atoms with Crippen molar-refractivity contribution in [2.75, 3.05) is 26.7 Å². The molecule has 0 amide bonds. The molecule has 1 N–H and O–H groups in total. The van der Waals surface area contributed by atoms with Crippen molar-refractivity contribution in [2.45, 2.75) is 64.1 Å². The van der Waals surface area contributed by atoms with Gasteiger partial charge in [0.25, 0.3) is 0 Å². The maximum Gasteiger partial charge on any atom is 0.0695 e. The van der Waals surface area contributed by atoms with E-state index in [0.717, 1.165) is 12.3 Å². The summed E-state index contributed by atoms with van der Waals surface area (Å²) < 4.78 is 0. The van der Waals surface area contributed by atoms with Crippen LogP contribution in [0.5, 0.6) is 0 Å². The third-order valence-corrected chi connectivity index (χ3v) is 5.15. The predicted octanol–water partition coefficient (Wildman–Crippen LogP) is 1.95. The number of piperidine rings is 1. The molecule has 3 heteroatoms. The van der Waals surface area contributed by atoms with Crippen molar-refractivity contribution >= 4 is 0 Å². The van der Waals surface area contributed by atoms with Crippen molar-refractivity contribution in [3.8, 4) is 0 Å². The molecule has 0 bridgehead atoms. The lowest BCUT2D eigenvalue weighted by Crippen LogP contribution is -2.52. The van der Waals surface area contributed by atoms with E-state index in [1.807, 2.05) is 0 Å². The van der Waals surface area contributed by atoms with Gasteiger partial charge in [0.1, 0.15) is 0 Å². The fraction of sp³-hybridized carbons (Fsp3) is 1.00. The number of likely N-dealkylation sites (tertiary alicyclic amines) is 1. The minimum Gasteiger partial charge on any atom is -0.391 e. The highest BCUT2D eigenvalue weighted by atomic mass is 16.3. The van der Waals surface area contributed by atoms with Gasteiger partial charge in [-0.05, 0) is 64.7 Å². The molecule has 1 heterocycles. The molecule has 1 saturated heterocycles. The second-order valence-electron chi connectivity index (χ2n) is 6.38. The Hall–Kier alpha value is -0.120. The molecule has 0 aromatic rings. The molecule has 18 heavy (non-hydrogen) atoms. The third kappa shape index (κ3) is 3.25. The van der Waals surface area contributed by atoms with E-state index in [-0.39, 0.29) is 6.10 Å². The summed E-state index contributed by atoms with van der Waals surface area (Å²) in [6, 6.07) is 1.07. The Morgan fingerprint density at radius 1 is 1.17 bits per heavy atom. The molecule has 0 spiro atoms. The van der Waals surface area contributed by atoms with E-state index in [4.69, 9.17) is 0 Å². The summed E-state index contributed by atoms with van der Waals surface area (Å²) in [4.78, 5) is 5.03. The number of hydrogen-bond donors (Lipinski definition) is 1. The van der Waals surface area contributed by atoms with Crippen LogP contribution in [-0.2, 0) is 0 Å². The summed E-state index contributed by atoms with van der Waals surface area (Å²) in [5, 5.41) is 10.2. The Balaban J connectivity index is 1.88. The van der Waals surface area contributed by atoms with Gasteiger partial charge in [-0.3, -0.25) is 4.90 Å². The minimum absolute atomic E-state index is 0.101. The van der Waals surface area contributed by atoms with Gasteiger partial charge < -0.3 is 10.0 Å². The zero-order valence-corrected chi connectivity index (χ0v) is 12.3. The van der Waals surface area contributed by atoms with Crippen molar-refractivity contribution in [1.29, 1.82) is 0 Å². The number of aliphatic hydroxyl groups excluding tert-OH is 1. The van der Waals surface area contributed by atoms with Gasteiger partial charge in [-0.25, -0.2) is 0 Å². The molecular weight excluding hydrogens is 224 g/mol. The standard InChI is InChI=1S/C15H30N2O/c1-4-17-9-7-13(8-10-17)16(3)14-11-12(2)5-6-15(14)18/h12-15,18H,4-11H2,1-3H3. The highest BCUT2D eigenvalue weighted by Gasteiger charge is 2.34. The van der Waals surface area contributed by atoms with E-state index in [1.54, 1.807) is 0 Å². The van der Waals surface area contributed by atoms with E-state index in [9.17, 15) is 5.11 Å². The Labute approximate surface area is 112 Å². The number of aliphatic hydroxyl groups is 1. The third-order valence-electron chi connectivity index (χ3n) is 5.15. The van der Waals surface area contributed by atoms with Gasteiger partial charge in [-0.1, -0.05) is 13.8 Å². The molecule has 2 aliphatic rings. The van der Waals surface area contributed by atoms with Crippen molar-refractivity contribution in [3.05, 3.63) is 0 Å². The van der Waals surface area contributed by atoms with Gasteiger partial charge in [0.15, 0.2) is 0 Å². The first-order valence-electron chi connectivity index (χ1n) is 7.74. The van der Waals surface area contributed by atoms with Crippen LogP contribution >= 0.6 is 0 Å². The quantitative estimate of drug-likeness (QED) is 0.834. The number of nitrogens with zero attached hydrogens (tertiary/aromatic N) is 2. The average molecular weight is 254 g/mol. The molecule has 106 valence electrons. The summed E-state index contributed by atoms with van der Waals surface area (Å²) in [5.74, 6) is 0.775. The summed E-state index contributed by atoms with van der Waals surface area (Å²) in [5.41, 5.74) is 0. The fourth-order valence-electron chi connectivity index (χ4n) is 3.69. The summed E-state index contributed by atoms with van der Waals surface area (Å²) in [6.45, 7) is 8.20. The maximum atomic E-state index is 10.2. The van der Waals surface area contributed by atoms with Crippen molar-refractivity contribution < 1.29 is 5.11 Å². The van der Waals surface area contributed by atoms with Crippen LogP contribution < -0.4 is 0 Å². The largest absolute Gasteiger partial charge is 0.391 e. The van der Waals surface area contributed by atoms with E-state index in [2.05, 4.69) is 30.7 Å². The Morgan fingerprint density at radius 3 is 2.44 bits per heavy atom. The molecule has 3 nitrogen and oxygen atoms in total. The molecule has 0 aromatic heterocycles. The van der Waals surface area contributed by atoms with Gasteiger partial charge in [-0.15, -0.1) is 0 Å². The zero-order chi connectivity index (χ0) is 13.1. The van der Waals surface area contributed by atoms with Crippen LogP contribution in [-0.4, -0.2) is 59.8 Å². The van der Waals surface area contributed by atoms with Crippen LogP contribution in [0.25, 0.3) is 0 Å². The molecule has 3 atom stereocenters. The highest BCUT2D eigenvalue weighted by Crippen LogP contribution is 2.30. The molecule has 1 aliphatic carbocycles. The Kier molecular flexibility index (Phi) is 5.05. The van der Waals surface area contributed by atoms with Crippen LogP contribution in [0.1, 0.15) is 46.0 Å². The van der Waals surface area contributed by atoms with Crippen LogP contribution in [0, 0.1) is 5.92 Å². The monoisotopic (exact) mass is 254 g/mol.